The number of hydrogen-bond donors (Lipinski definition) is 1. The summed E-state index contributed by atoms with van der Waals surface area (Å²) in [5.74, 6) is -0.708. The third-order valence-electron chi connectivity index (χ3n) is 6.37. The van der Waals surface area contributed by atoms with Crippen molar-refractivity contribution in [3.05, 3.63) is 30.1 Å². The van der Waals surface area contributed by atoms with Gasteiger partial charge < -0.3 is 10.2 Å². The van der Waals surface area contributed by atoms with Crippen LogP contribution in [0.5, 0.6) is 0 Å². The number of piperazine rings is 1. The largest absolute Gasteiger partial charge is 0.353 e. The van der Waals surface area contributed by atoms with E-state index < -0.39 is 15.8 Å². The van der Waals surface area contributed by atoms with E-state index in [1.165, 1.54) is 22.5 Å². The Morgan fingerprint density at radius 3 is 2.58 bits per heavy atom. The van der Waals surface area contributed by atoms with Gasteiger partial charge in [0.25, 0.3) is 0 Å². The molecule has 0 saturated carbocycles. The highest BCUT2D eigenvalue weighted by Crippen LogP contribution is 2.20. The standard InChI is InChI=1S/C23H35FN4O4S/c1-3-6-18(2)25-23(30)19-7-5-10-26(16-19)17-22(29)27-11-13-28(14-12-27)33(31,32)21-9-4-8-20(24)15-21/h4,8-9,15,18-19H,3,5-7,10-14,16-17H2,1-2H3,(H,25,30). The molecule has 1 aromatic carbocycles. The van der Waals surface area contributed by atoms with E-state index in [9.17, 15) is 22.4 Å². The number of nitrogens with zero attached hydrogens (tertiary/aromatic N) is 3. The molecule has 2 fully saturated rings. The minimum atomic E-state index is -3.79. The van der Waals surface area contributed by atoms with Gasteiger partial charge in [0, 0.05) is 38.8 Å². The quantitative estimate of drug-likeness (QED) is 0.609. The average molecular weight is 483 g/mol. The summed E-state index contributed by atoms with van der Waals surface area (Å²) in [7, 11) is -3.79. The topological polar surface area (TPSA) is 90.0 Å². The van der Waals surface area contributed by atoms with Crippen LogP contribution in [-0.2, 0) is 19.6 Å². The van der Waals surface area contributed by atoms with Crippen molar-refractivity contribution >= 4 is 21.8 Å². The zero-order chi connectivity index (χ0) is 24.0. The molecule has 0 aliphatic carbocycles. The fourth-order valence-electron chi connectivity index (χ4n) is 4.52. The molecule has 184 valence electrons. The Morgan fingerprint density at radius 1 is 1.18 bits per heavy atom. The third-order valence-corrected chi connectivity index (χ3v) is 8.27. The van der Waals surface area contributed by atoms with Gasteiger partial charge in [0.15, 0.2) is 0 Å². The molecule has 2 unspecified atom stereocenters. The summed E-state index contributed by atoms with van der Waals surface area (Å²) in [6.07, 6.45) is 3.66. The number of nitrogens with one attached hydrogen (secondary N) is 1. The maximum Gasteiger partial charge on any atom is 0.243 e. The van der Waals surface area contributed by atoms with Gasteiger partial charge in [-0.25, -0.2) is 12.8 Å². The Bertz CT molecular complexity index is 934. The Labute approximate surface area is 196 Å². The number of halogens is 1. The van der Waals surface area contributed by atoms with E-state index in [2.05, 4.69) is 12.2 Å². The lowest BCUT2D eigenvalue weighted by Crippen LogP contribution is -2.53. The first-order valence-corrected chi connectivity index (χ1v) is 13.2. The molecule has 33 heavy (non-hydrogen) atoms. The molecule has 1 aromatic rings. The maximum atomic E-state index is 13.5. The highest BCUT2D eigenvalue weighted by molar-refractivity contribution is 7.89. The molecule has 10 heteroatoms. The maximum absolute atomic E-state index is 13.5. The first-order chi connectivity index (χ1) is 15.7. The van der Waals surface area contributed by atoms with Crippen molar-refractivity contribution in [1.29, 1.82) is 0 Å². The van der Waals surface area contributed by atoms with E-state index in [0.717, 1.165) is 38.3 Å². The molecule has 0 aromatic heterocycles. The van der Waals surface area contributed by atoms with Crippen LogP contribution >= 0.6 is 0 Å². The van der Waals surface area contributed by atoms with Crippen LogP contribution in [-0.4, -0.2) is 86.2 Å². The number of rotatable bonds is 8. The number of hydrogen-bond acceptors (Lipinski definition) is 5. The molecule has 0 spiro atoms. The van der Waals surface area contributed by atoms with Crippen molar-refractivity contribution < 1.29 is 22.4 Å². The van der Waals surface area contributed by atoms with Crippen LogP contribution < -0.4 is 5.32 Å². The summed E-state index contributed by atoms with van der Waals surface area (Å²) < 4.78 is 40.3. The molecule has 2 heterocycles. The Hall–Kier alpha value is -2.04. The highest BCUT2D eigenvalue weighted by Gasteiger charge is 2.32. The summed E-state index contributed by atoms with van der Waals surface area (Å²) in [6, 6.07) is 5.12. The van der Waals surface area contributed by atoms with Crippen LogP contribution in [0.4, 0.5) is 4.39 Å². The molecule has 2 saturated heterocycles. The second kappa shape index (κ2) is 11.4. The monoisotopic (exact) mass is 482 g/mol. The van der Waals surface area contributed by atoms with Gasteiger partial charge in [0.2, 0.25) is 21.8 Å². The summed E-state index contributed by atoms with van der Waals surface area (Å²) in [6.45, 7) is 6.59. The first kappa shape index (κ1) is 25.6. The molecule has 0 bridgehead atoms. The number of sulfonamides is 1. The third kappa shape index (κ3) is 6.74. The smallest absolute Gasteiger partial charge is 0.243 e. The molecular weight excluding hydrogens is 447 g/mol. The lowest BCUT2D eigenvalue weighted by Gasteiger charge is -2.37. The summed E-state index contributed by atoms with van der Waals surface area (Å²) >= 11 is 0. The van der Waals surface area contributed by atoms with Gasteiger partial charge in [0.05, 0.1) is 17.4 Å². The minimum absolute atomic E-state index is 0.0572. The van der Waals surface area contributed by atoms with Gasteiger partial charge in [-0.3, -0.25) is 14.5 Å². The summed E-state index contributed by atoms with van der Waals surface area (Å²) in [5.41, 5.74) is 0. The second-order valence-corrected chi connectivity index (χ2v) is 11.0. The Kier molecular flexibility index (Phi) is 8.83. The zero-order valence-electron chi connectivity index (χ0n) is 19.5. The average Bonchev–Trinajstić information content (AvgIpc) is 2.79. The van der Waals surface area contributed by atoms with Crippen LogP contribution in [0.1, 0.15) is 39.5 Å². The second-order valence-electron chi connectivity index (χ2n) is 9.01. The summed E-state index contributed by atoms with van der Waals surface area (Å²) in [5, 5.41) is 3.08. The van der Waals surface area contributed by atoms with Crippen molar-refractivity contribution in [1.82, 2.24) is 19.4 Å². The van der Waals surface area contributed by atoms with E-state index in [-0.39, 0.29) is 48.3 Å². The van der Waals surface area contributed by atoms with Crippen molar-refractivity contribution in [2.45, 2.75) is 50.5 Å². The van der Waals surface area contributed by atoms with Crippen LogP contribution in [0.2, 0.25) is 0 Å². The lowest BCUT2D eigenvalue weighted by atomic mass is 9.96. The molecule has 2 atom stereocenters. The minimum Gasteiger partial charge on any atom is -0.353 e. The number of amides is 2. The summed E-state index contributed by atoms with van der Waals surface area (Å²) in [4.78, 5) is 29.0. The van der Waals surface area contributed by atoms with Gasteiger partial charge in [-0.15, -0.1) is 0 Å². The van der Waals surface area contributed by atoms with E-state index in [1.807, 2.05) is 11.8 Å². The van der Waals surface area contributed by atoms with E-state index in [4.69, 9.17) is 0 Å². The fourth-order valence-corrected chi connectivity index (χ4v) is 5.98. The number of carbonyl (C=O) groups is 2. The van der Waals surface area contributed by atoms with Crippen molar-refractivity contribution in [2.75, 3.05) is 45.8 Å². The predicted octanol–water partition coefficient (Wildman–Crippen LogP) is 1.68. The highest BCUT2D eigenvalue weighted by atomic mass is 32.2. The molecule has 1 N–H and O–H groups in total. The number of likely N-dealkylation sites (tertiary alicyclic amines) is 1. The SMILES string of the molecule is CCCC(C)NC(=O)C1CCCN(CC(=O)N2CCN(S(=O)(=O)c3cccc(F)c3)CC2)C1. The van der Waals surface area contributed by atoms with Crippen molar-refractivity contribution in [3.63, 3.8) is 0 Å². The number of piperidine rings is 1. The van der Waals surface area contributed by atoms with Crippen molar-refractivity contribution in [2.24, 2.45) is 5.92 Å². The normalized spacial score (nSPS) is 21.5. The molecule has 0 radical (unpaired) electrons. The number of carbonyl (C=O) groups excluding carboxylic acids is 2. The van der Waals surface area contributed by atoms with Gasteiger partial charge in [-0.2, -0.15) is 4.31 Å². The lowest BCUT2D eigenvalue weighted by molar-refractivity contribution is -0.135. The van der Waals surface area contributed by atoms with E-state index >= 15 is 0 Å². The van der Waals surface area contributed by atoms with Gasteiger partial charge in [-0.05, 0) is 50.9 Å². The van der Waals surface area contributed by atoms with Crippen molar-refractivity contribution in [3.8, 4) is 0 Å². The van der Waals surface area contributed by atoms with Crippen LogP contribution in [0.15, 0.2) is 29.2 Å². The van der Waals surface area contributed by atoms with Gasteiger partial charge >= 0.3 is 0 Å². The predicted molar refractivity (Wildman–Crippen MR) is 123 cm³/mol. The van der Waals surface area contributed by atoms with E-state index in [1.54, 1.807) is 4.90 Å². The van der Waals surface area contributed by atoms with Crippen LogP contribution in [0.3, 0.4) is 0 Å². The van der Waals surface area contributed by atoms with Crippen LogP contribution in [0.25, 0.3) is 0 Å². The molecular formula is C23H35FN4O4S. The fraction of sp³-hybridized carbons (Fsp3) is 0.652. The molecule has 2 amide bonds. The van der Waals surface area contributed by atoms with Gasteiger partial charge in [-0.1, -0.05) is 19.4 Å². The number of benzene rings is 1. The molecule has 8 nitrogen and oxygen atoms in total. The molecule has 3 rings (SSSR count). The first-order valence-electron chi connectivity index (χ1n) is 11.8. The Morgan fingerprint density at radius 2 is 1.91 bits per heavy atom. The molecule has 2 aliphatic rings. The van der Waals surface area contributed by atoms with Gasteiger partial charge in [0.1, 0.15) is 5.82 Å². The van der Waals surface area contributed by atoms with E-state index in [0.29, 0.717) is 19.6 Å². The Balaban J connectivity index is 1.49. The molecule has 2 aliphatic heterocycles. The zero-order valence-corrected chi connectivity index (χ0v) is 20.3. The van der Waals surface area contributed by atoms with Crippen LogP contribution in [0, 0.1) is 11.7 Å².